The molecule has 0 unspecified atom stereocenters. The summed E-state index contributed by atoms with van der Waals surface area (Å²) in [5.41, 5.74) is -4.46. The molecule has 2 N–H and O–H groups in total. The molecule has 14 heteroatoms. The average molecular weight is 492 g/mol. The zero-order valence-electron chi connectivity index (χ0n) is 16.1. The molecule has 6 nitrogen and oxygen atoms in total. The van der Waals surface area contributed by atoms with E-state index in [-0.39, 0.29) is 22.4 Å². The first-order chi connectivity index (χ1) is 15.0. The predicted octanol–water partition coefficient (Wildman–Crippen LogP) is 6.02. The van der Waals surface area contributed by atoms with Crippen LogP contribution in [0.3, 0.4) is 0 Å². The summed E-state index contributed by atoms with van der Waals surface area (Å²) in [6.45, 7) is 1.90. The van der Waals surface area contributed by atoms with Gasteiger partial charge in [-0.1, -0.05) is 6.92 Å². The third kappa shape index (κ3) is 6.16. The minimum absolute atomic E-state index is 0.242. The molecule has 3 aromatic heterocycles. The van der Waals surface area contributed by atoms with E-state index in [0.717, 1.165) is 6.20 Å². The number of nitrogens with zero attached hydrogens (tertiary/aromatic N) is 4. The van der Waals surface area contributed by atoms with Gasteiger partial charge in [0.15, 0.2) is 0 Å². The quantitative estimate of drug-likeness (QED) is 0.182. The van der Waals surface area contributed by atoms with Crippen molar-refractivity contribution in [1.82, 2.24) is 19.4 Å². The van der Waals surface area contributed by atoms with E-state index in [1.165, 1.54) is 34.8 Å². The van der Waals surface area contributed by atoms with Crippen molar-refractivity contribution in [3.63, 3.8) is 0 Å². The molecule has 0 saturated carbocycles. The third-order valence-corrected chi connectivity index (χ3v) is 5.32. The second-order valence-corrected chi connectivity index (χ2v) is 8.45. The second kappa shape index (κ2) is 9.40. The highest BCUT2D eigenvalue weighted by molar-refractivity contribution is 8.00. The van der Waals surface area contributed by atoms with Crippen molar-refractivity contribution in [3.05, 3.63) is 43.1 Å². The lowest BCUT2D eigenvalue weighted by molar-refractivity contribution is -0.0584. The van der Waals surface area contributed by atoms with Crippen LogP contribution in [-0.4, -0.2) is 42.5 Å². The van der Waals surface area contributed by atoms with Crippen LogP contribution in [0.15, 0.2) is 53.1 Å². The summed E-state index contributed by atoms with van der Waals surface area (Å²) in [5, 5.41) is 9.32. The molecule has 0 spiro atoms. The molecule has 3 heterocycles. The van der Waals surface area contributed by atoms with Crippen LogP contribution in [-0.2, 0) is 0 Å². The number of allylic oxidation sites excluding steroid dienone is 1. The van der Waals surface area contributed by atoms with Crippen LogP contribution < -0.4 is 5.32 Å². The summed E-state index contributed by atoms with van der Waals surface area (Å²) >= 11 is 1.07. The molecule has 0 amide bonds. The highest BCUT2D eigenvalue weighted by atomic mass is 32.2. The Balaban J connectivity index is 1.87. The molecular formula is C18H14F6N6S2. The maximum atomic E-state index is 12.6. The van der Waals surface area contributed by atoms with Gasteiger partial charge in [-0.25, -0.2) is 9.97 Å². The van der Waals surface area contributed by atoms with Gasteiger partial charge in [-0.2, -0.15) is 26.3 Å². The Labute approximate surface area is 186 Å². The summed E-state index contributed by atoms with van der Waals surface area (Å²) in [6, 6.07) is 2.87. The monoisotopic (exact) mass is 492 g/mol. The van der Waals surface area contributed by atoms with Gasteiger partial charge in [-0.3, -0.25) is 14.8 Å². The topological polar surface area (TPSA) is 79.0 Å². The fourth-order valence-corrected chi connectivity index (χ4v) is 3.78. The van der Waals surface area contributed by atoms with Crippen molar-refractivity contribution in [3.8, 4) is 11.4 Å². The first-order valence-corrected chi connectivity index (χ1v) is 10.6. The highest BCUT2D eigenvalue weighted by Crippen LogP contribution is 2.36. The van der Waals surface area contributed by atoms with E-state index in [1.807, 2.05) is 6.92 Å². The number of aromatic nitrogens is 4. The number of anilines is 1. The van der Waals surface area contributed by atoms with Gasteiger partial charge >= 0.3 is 11.7 Å². The Morgan fingerprint density at radius 3 is 2.59 bits per heavy atom. The number of thioether (sulfide) groups is 2. The lowest BCUT2D eigenvalue weighted by atomic mass is 10.2. The number of halogens is 6. The van der Waals surface area contributed by atoms with Gasteiger partial charge in [0, 0.05) is 35.1 Å². The maximum absolute atomic E-state index is 12.6. The molecule has 170 valence electrons. The number of hydrogen-bond donors (Lipinski definition) is 2. The smallest absolute Gasteiger partial charge is 0.360 e. The van der Waals surface area contributed by atoms with E-state index in [9.17, 15) is 26.3 Å². The molecule has 3 rings (SSSR count). The molecule has 32 heavy (non-hydrogen) atoms. The van der Waals surface area contributed by atoms with Crippen LogP contribution in [0, 0.1) is 5.41 Å². The molecule has 0 aromatic carbocycles. The Bertz CT molecular complexity index is 1160. The van der Waals surface area contributed by atoms with Gasteiger partial charge < -0.3 is 5.32 Å². The lowest BCUT2D eigenvalue weighted by Crippen LogP contribution is -2.19. The lowest BCUT2D eigenvalue weighted by Gasteiger charge is -2.08. The first-order valence-electron chi connectivity index (χ1n) is 8.79. The maximum Gasteiger partial charge on any atom is 0.447 e. The SMILES string of the molecule is CCSc1cc(N/C=C\C(=N)C(F)(F)F)cnc1-c1cn2cnc(SC(F)(F)F)cc2n1. The molecule has 0 bridgehead atoms. The van der Waals surface area contributed by atoms with Gasteiger partial charge in [0.05, 0.1) is 11.9 Å². The largest absolute Gasteiger partial charge is 0.447 e. The summed E-state index contributed by atoms with van der Waals surface area (Å²) in [6.07, 6.45) is 1.02. The molecule has 3 aromatic rings. The number of nitrogens with one attached hydrogen (secondary N) is 2. The van der Waals surface area contributed by atoms with E-state index in [0.29, 0.717) is 33.8 Å². The average Bonchev–Trinajstić information content (AvgIpc) is 3.09. The van der Waals surface area contributed by atoms with Gasteiger partial charge in [0.25, 0.3) is 0 Å². The van der Waals surface area contributed by atoms with E-state index >= 15 is 0 Å². The molecule has 0 fully saturated rings. The number of rotatable bonds is 7. The van der Waals surface area contributed by atoms with Gasteiger partial charge in [-0.05, 0) is 17.9 Å². The van der Waals surface area contributed by atoms with Gasteiger partial charge in [-0.15, -0.1) is 11.8 Å². The van der Waals surface area contributed by atoms with Crippen LogP contribution in [0.1, 0.15) is 6.92 Å². The van der Waals surface area contributed by atoms with E-state index in [1.54, 1.807) is 12.3 Å². The Kier molecular flexibility index (Phi) is 7.03. The Morgan fingerprint density at radius 1 is 1.19 bits per heavy atom. The highest BCUT2D eigenvalue weighted by Gasteiger charge is 2.32. The molecule has 0 radical (unpaired) electrons. The Morgan fingerprint density at radius 2 is 1.94 bits per heavy atom. The third-order valence-electron chi connectivity index (χ3n) is 3.74. The van der Waals surface area contributed by atoms with Crippen molar-refractivity contribution in [2.75, 3.05) is 11.1 Å². The van der Waals surface area contributed by atoms with Crippen molar-refractivity contribution in [1.29, 1.82) is 5.41 Å². The van der Waals surface area contributed by atoms with Crippen LogP contribution in [0.25, 0.3) is 17.0 Å². The number of imidazole rings is 1. The minimum atomic E-state index is -4.74. The molecule has 0 saturated heterocycles. The van der Waals surface area contributed by atoms with E-state index in [4.69, 9.17) is 5.41 Å². The van der Waals surface area contributed by atoms with Gasteiger partial charge in [0.1, 0.15) is 34.1 Å². The first kappa shape index (κ1) is 23.9. The summed E-state index contributed by atoms with van der Waals surface area (Å²) < 4.78 is 76.4. The fourth-order valence-electron chi connectivity index (χ4n) is 2.46. The standard InChI is InChI=1S/C18H14F6N6S2/c1-2-31-12-5-10(26-4-3-13(25)17(19,20)21)7-27-16(12)11-8-30-9-28-15(6-14(30)29-11)32-18(22,23)24/h3-9,25-26H,2H2,1H3/b4-3-,25-13?. The van der Waals surface area contributed by atoms with E-state index in [2.05, 4.69) is 20.3 Å². The Hall–Kier alpha value is -2.74. The van der Waals surface area contributed by atoms with E-state index < -0.39 is 17.4 Å². The predicted molar refractivity (Wildman–Crippen MR) is 111 cm³/mol. The normalized spacial score (nSPS) is 12.6. The second-order valence-electron chi connectivity index (χ2n) is 6.06. The van der Waals surface area contributed by atoms with Crippen LogP contribution in [0.4, 0.5) is 32.0 Å². The number of alkyl halides is 6. The van der Waals surface area contributed by atoms with Crippen LogP contribution in [0.5, 0.6) is 0 Å². The number of hydrogen-bond acceptors (Lipinski definition) is 7. The zero-order chi connectivity index (χ0) is 23.5. The summed E-state index contributed by atoms with van der Waals surface area (Å²) in [4.78, 5) is 13.1. The minimum Gasteiger partial charge on any atom is -0.360 e. The molecule has 0 aliphatic carbocycles. The van der Waals surface area contributed by atoms with Crippen molar-refractivity contribution in [2.45, 2.75) is 28.5 Å². The summed E-state index contributed by atoms with van der Waals surface area (Å²) in [7, 11) is 0. The van der Waals surface area contributed by atoms with Crippen molar-refractivity contribution >= 4 is 40.6 Å². The zero-order valence-corrected chi connectivity index (χ0v) is 17.8. The molecule has 0 aliphatic rings. The molecular weight excluding hydrogens is 478 g/mol. The van der Waals surface area contributed by atoms with Crippen molar-refractivity contribution in [2.24, 2.45) is 0 Å². The number of fused-ring (bicyclic) bond motifs is 1. The fraction of sp³-hybridized carbons (Fsp3) is 0.222. The van der Waals surface area contributed by atoms with Crippen LogP contribution in [0.2, 0.25) is 0 Å². The summed E-state index contributed by atoms with van der Waals surface area (Å²) in [5.74, 6) is 0.661. The molecule has 0 atom stereocenters. The van der Waals surface area contributed by atoms with Crippen molar-refractivity contribution < 1.29 is 26.3 Å². The van der Waals surface area contributed by atoms with Crippen LogP contribution >= 0.6 is 23.5 Å². The molecule has 0 aliphatic heterocycles. The number of pyridine rings is 1. The van der Waals surface area contributed by atoms with Gasteiger partial charge in [0.2, 0.25) is 0 Å².